The van der Waals surface area contributed by atoms with E-state index in [1.54, 1.807) is 6.07 Å². The molecule has 18 heavy (non-hydrogen) atoms. The molecule has 1 aromatic rings. The van der Waals surface area contributed by atoms with Crippen LogP contribution in [-0.4, -0.2) is 11.4 Å². The first-order valence-corrected chi connectivity index (χ1v) is 6.78. The van der Waals surface area contributed by atoms with Gasteiger partial charge in [0.2, 0.25) is 5.91 Å². The minimum atomic E-state index is -0.796. The molecule has 5 heteroatoms. The van der Waals surface area contributed by atoms with E-state index in [0.717, 1.165) is 18.4 Å². The fraction of sp³-hybridized carbons (Fsp3) is 0.462. The highest BCUT2D eigenvalue weighted by Crippen LogP contribution is 2.30. The molecule has 0 radical (unpaired) electrons. The number of rotatable bonds is 2. The fourth-order valence-electron chi connectivity index (χ4n) is 2.26. The smallest absolute Gasteiger partial charge is 0.244 e. The Hall–Kier alpha value is -0.940. The van der Waals surface area contributed by atoms with Gasteiger partial charge in [0.15, 0.2) is 0 Å². The van der Waals surface area contributed by atoms with Crippen LogP contribution in [0.25, 0.3) is 0 Å². The Balaban J connectivity index is 2.19. The van der Waals surface area contributed by atoms with Crippen LogP contribution in [0, 0.1) is 12.7 Å². The normalized spacial score (nSPS) is 17.8. The van der Waals surface area contributed by atoms with Crippen molar-refractivity contribution in [1.29, 1.82) is 0 Å². The van der Waals surface area contributed by atoms with Crippen LogP contribution < -0.4 is 11.1 Å². The Bertz CT molecular complexity index is 484. The molecule has 98 valence electrons. The molecule has 0 atom stereocenters. The predicted octanol–water partition coefficient (Wildman–Crippen LogP) is 3.11. The molecule has 1 fully saturated rings. The van der Waals surface area contributed by atoms with Crippen LogP contribution in [-0.2, 0) is 4.79 Å². The molecule has 3 N–H and O–H groups in total. The highest BCUT2D eigenvalue weighted by Gasteiger charge is 2.37. The maximum absolute atomic E-state index is 13.5. The van der Waals surface area contributed by atoms with E-state index >= 15 is 0 Å². The summed E-state index contributed by atoms with van der Waals surface area (Å²) in [5.74, 6) is -0.613. The number of amides is 1. The molecule has 1 aromatic carbocycles. The summed E-state index contributed by atoms with van der Waals surface area (Å²) in [6, 6.07) is 2.96. The Morgan fingerprint density at radius 1 is 1.44 bits per heavy atom. The number of aryl methyl sites for hydroxylation is 1. The first-order valence-electron chi connectivity index (χ1n) is 5.98. The molecule has 0 aliphatic heterocycles. The van der Waals surface area contributed by atoms with Crippen molar-refractivity contribution in [2.45, 2.75) is 38.1 Å². The standard InChI is InChI=1S/C13H16BrFN2O/c1-8-6-9(14)10(15)7-11(8)17-12(18)13(16)4-2-3-5-13/h6-7H,2-5,16H2,1H3,(H,17,18). The summed E-state index contributed by atoms with van der Waals surface area (Å²) in [7, 11) is 0. The summed E-state index contributed by atoms with van der Waals surface area (Å²) in [5, 5.41) is 2.74. The van der Waals surface area contributed by atoms with Gasteiger partial charge in [0.1, 0.15) is 5.82 Å². The highest BCUT2D eigenvalue weighted by atomic mass is 79.9. The molecule has 0 unspecified atom stereocenters. The molecule has 2 rings (SSSR count). The van der Waals surface area contributed by atoms with Crippen molar-refractivity contribution in [2.24, 2.45) is 5.73 Å². The Morgan fingerprint density at radius 3 is 2.67 bits per heavy atom. The van der Waals surface area contributed by atoms with Crippen LogP contribution in [0.2, 0.25) is 0 Å². The molecular formula is C13H16BrFN2O. The Kier molecular flexibility index (Phi) is 3.73. The fourth-order valence-corrected chi connectivity index (χ4v) is 2.72. The molecule has 0 spiro atoms. The van der Waals surface area contributed by atoms with Gasteiger partial charge in [0, 0.05) is 5.69 Å². The van der Waals surface area contributed by atoms with Gasteiger partial charge in [0.25, 0.3) is 0 Å². The van der Waals surface area contributed by atoms with E-state index in [2.05, 4.69) is 21.2 Å². The van der Waals surface area contributed by atoms with E-state index in [4.69, 9.17) is 5.73 Å². The lowest BCUT2D eigenvalue weighted by Crippen LogP contribution is -2.48. The monoisotopic (exact) mass is 314 g/mol. The van der Waals surface area contributed by atoms with Crippen LogP contribution in [0.3, 0.4) is 0 Å². The lowest BCUT2D eigenvalue weighted by atomic mass is 9.98. The van der Waals surface area contributed by atoms with Gasteiger partial charge in [-0.15, -0.1) is 0 Å². The van der Waals surface area contributed by atoms with Crippen LogP contribution in [0.4, 0.5) is 10.1 Å². The van der Waals surface area contributed by atoms with E-state index in [1.807, 2.05) is 6.92 Å². The number of nitrogens with two attached hydrogens (primary N) is 1. The van der Waals surface area contributed by atoms with Crippen molar-refractivity contribution in [1.82, 2.24) is 0 Å². The van der Waals surface area contributed by atoms with Crippen LogP contribution in [0.5, 0.6) is 0 Å². The minimum Gasteiger partial charge on any atom is -0.324 e. The van der Waals surface area contributed by atoms with E-state index in [9.17, 15) is 9.18 Å². The summed E-state index contributed by atoms with van der Waals surface area (Å²) in [6.07, 6.45) is 3.32. The van der Waals surface area contributed by atoms with Gasteiger partial charge in [-0.2, -0.15) is 0 Å². The molecule has 0 heterocycles. The number of carbonyl (C=O) groups excluding carboxylic acids is 1. The summed E-state index contributed by atoms with van der Waals surface area (Å²) >= 11 is 3.11. The van der Waals surface area contributed by atoms with Gasteiger partial charge in [-0.25, -0.2) is 4.39 Å². The lowest BCUT2D eigenvalue weighted by Gasteiger charge is -2.23. The Morgan fingerprint density at radius 2 is 2.06 bits per heavy atom. The third kappa shape index (κ3) is 2.57. The van der Waals surface area contributed by atoms with Gasteiger partial charge in [0.05, 0.1) is 10.0 Å². The van der Waals surface area contributed by atoms with Crippen LogP contribution in [0.15, 0.2) is 16.6 Å². The number of hydrogen-bond donors (Lipinski definition) is 2. The molecule has 0 bridgehead atoms. The maximum Gasteiger partial charge on any atom is 0.244 e. The number of nitrogens with one attached hydrogen (secondary N) is 1. The summed E-state index contributed by atoms with van der Waals surface area (Å²) in [5.41, 5.74) is 6.55. The zero-order chi connectivity index (χ0) is 13.3. The third-order valence-corrected chi connectivity index (χ3v) is 4.07. The zero-order valence-electron chi connectivity index (χ0n) is 10.2. The Labute approximate surface area is 114 Å². The van der Waals surface area contributed by atoms with Crippen LogP contribution >= 0.6 is 15.9 Å². The third-order valence-electron chi connectivity index (χ3n) is 3.46. The largest absolute Gasteiger partial charge is 0.324 e. The zero-order valence-corrected chi connectivity index (χ0v) is 11.8. The van der Waals surface area contributed by atoms with Gasteiger partial charge in [-0.05, 0) is 53.4 Å². The highest BCUT2D eigenvalue weighted by molar-refractivity contribution is 9.10. The van der Waals surface area contributed by atoms with Gasteiger partial charge in [-0.1, -0.05) is 12.8 Å². The molecule has 0 saturated heterocycles. The molecule has 3 nitrogen and oxygen atoms in total. The quantitative estimate of drug-likeness (QED) is 0.881. The number of anilines is 1. The predicted molar refractivity (Wildman–Crippen MR) is 72.9 cm³/mol. The molecule has 0 aromatic heterocycles. The average molecular weight is 315 g/mol. The van der Waals surface area contributed by atoms with Crippen molar-refractivity contribution < 1.29 is 9.18 Å². The number of hydrogen-bond acceptors (Lipinski definition) is 2. The van der Waals surface area contributed by atoms with Crippen molar-refractivity contribution in [2.75, 3.05) is 5.32 Å². The van der Waals surface area contributed by atoms with E-state index in [0.29, 0.717) is 23.0 Å². The molecule has 1 aliphatic carbocycles. The molecule has 1 amide bonds. The van der Waals surface area contributed by atoms with Gasteiger partial charge >= 0.3 is 0 Å². The number of halogens is 2. The number of carbonyl (C=O) groups is 1. The second-order valence-electron chi connectivity index (χ2n) is 4.90. The van der Waals surface area contributed by atoms with Crippen molar-refractivity contribution in [3.05, 3.63) is 28.0 Å². The van der Waals surface area contributed by atoms with Gasteiger partial charge < -0.3 is 11.1 Å². The van der Waals surface area contributed by atoms with Crippen molar-refractivity contribution in [3.8, 4) is 0 Å². The summed E-state index contributed by atoms with van der Waals surface area (Å²) in [6.45, 7) is 1.82. The average Bonchev–Trinajstić information content (AvgIpc) is 2.74. The van der Waals surface area contributed by atoms with Gasteiger partial charge in [-0.3, -0.25) is 4.79 Å². The van der Waals surface area contributed by atoms with Crippen molar-refractivity contribution in [3.63, 3.8) is 0 Å². The first-order chi connectivity index (χ1) is 8.42. The molecule has 1 aliphatic rings. The van der Waals surface area contributed by atoms with E-state index in [1.165, 1.54) is 6.07 Å². The van der Waals surface area contributed by atoms with Crippen molar-refractivity contribution >= 4 is 27.5 Å². The minimum absolute atomic E-state index is 0.218. The summed E-state index contributed by atoms with van der Waals surface area (Å²) in [4.78, 5) is 12.1. The van der Waals surface area contributed by atoms with Crippen LogP contribution in [0.1, 0.15) is 31.2 Å². The summed E-state index contributed by atoms with van der Waals surface area (Å²) < 4.78 is 13.8. The lowest BCUT2D eigenvalue weighted by molar-refractivity contribution is -0.121. The molecular weight excluding hydrogens is 299 g/mol. The molecule has 1 saturated carbocycles. The second-order valence-corrected chi connectivity index (χ2v) is 5.75. The maximum atomic E-state index is 13.5. The SMILES string of the molecule is Cc1cc(Br)c(F)cc1NC(=O)C1(N)CCCC1. The van der Waals surface area contributed by atoms with E-state index in [-0.39, 0.29) is 5.91 Å². The first kappa shape index (κ1) is 13.5. The number of benzene rings is 1. The van der Waals surface area contributed by atoms with E-state index < -0.39 is 11.4 Å². The topological polar surface area (TPSA) is 55.1 Å². The second kappa shape index (κ2) is 4.97.